The van der Waals surface area contributed by atoms with Gasteiger partial charge in [0.05, 0.1) is 0 Å². The van der Waals surface area contributed by atoms with E-state index in [9.17, 15) is 9.59 Å². The fourth-order valence-electron chi connectivity index (χ4n) is 3.99. The zero-order valence-electron chi connectivity index (χ0n) is 17.4. The second kappa shape index (κ2) is 8.35. The number of ether oxygens (including phenoxy) is 1. The van der Waals surface area contributed by atoms with Crippen molar-refractivity contribution in [1.82, 2.24) is 19.6 Å². The number of amides is 2. The molecule has 0 aromatic carbocycles. The number of nitrogens with zero attached hydrogens (tertiary/aromatic N) is 4. The Bertz CT molecular complexity index is 528. The Morgan fingerprint density at radius 3 is 2.07 bits per heavy atom. The van der Waals surface area contributed by atoms with Gasteiger partial charge in [-0.2, -0.15) is 0 Å². The van der Waals surface area contributed by atoms with Crippen LogP contribution in [0.1, 0.15) is 46.5 Å². The molecule has 0 bridgehead atoms. The minimum atomic E-state index is -0.535. The molecule has 0 N–H and O–H groups in total. The molecule has 3 fully saturated rings. The van der Waals surface area contributed by atoms with Gasteiger partial charge in [-0.15, -0.1) is 0 Å². The van der Waals surface area contributed by atoms with E-state index in [2.05, 4.69) is 16.8 Å². The number of piperidine rings is 1. The van der Waals surface area contributed by atoms with Crippen LogP contribution in [-0.4, -0.2) is 102 Å². The van der Waals surface area contributed by atoms with Crippen LogP contribution in [0.25, 0.3) is 0 Å². The molecule has 2 amide bonds. The van der Waals surface area contributed by atoms with Gasteiger partial charge in [-0.1, -0.05) is 0 Å². The highest BCUT2D eigenvalue weighted by atomic mass is 16.6. The highest BCUT2D eigenvalue weighted by Crippen LogP contribution is 2.28. The van der Waals surface area contributed by atoms with E-state index in [-0.39, 0.29) is 24.6 Å². The van der Waals surface area contributed by atoms with Crippen molar-refractivity contribution >= 4 is 12.0 Å². The second-order valence-corrected chi connectivity index (χ2v) is 9.29. The molecule has 0 aromatic heterocycles. The summed E-state index contributed by atoms with van der Waals surface area (Å²) in [4.78, 5) is 33.7. The lowest BCUT2D eigenvalue weighted by Gasteiger charge is -2.42. The quantitative estimate of drug-likeness (QED) is 0.742. The van der Waals surface area contributed by atoms with Crippen LogP contribution in [0.2, 0.25) is 0 Å². The summed E-state index contributed by atoms with van der Waals surface area (Å²) in [6.07, 6.45) is 4.02. The third-order valence-electron chi connectivity index (χ3n) is 5.79. The zero-order chi connectivity index (χ0) is 19.6. The molecule has 7 heteroatoms. The lowest BCUT2D eigenvalue weighted by Crippen LogP contribution is -2.55. The maximum Gasteiger partial charge on any atom is 0.411 e. The van der Waals surface area contributed by atoms with Crippen molar-refractivity contribution in [2.75, 3.05) is 52.9 Å². The summed E-state index contributed by atoms with van der Waals surface area (Å²) in [5, 5.41) is 0. The smallest absolute Gasteiger partial charge is 0.411 e. The molecule has 0 atom stereocenters. The standard InChI is InChI=1S/C20H36N4O3/c1-20(2,3)27-19(26)24(17-5-6-17)15-18(25)23-13-11-22(12-14-23)16-7-9-21(4)10-8-16/h16-17H,5-15H2,1-4H3. The van der Waals surface area contributed by atoms with Crippen LogP contribution in [0.4, 0.5) is 4.79 Å². The van der Waals surface area contributed by atoms with Crippen molar-refractivity contribution in [3.05, 3.63) is 0 Å². The predicted octanol–water partition coefficient (Wildman–Crippen LogP) is 1.62. The van der Waals surface area contributed by atoms with Crippen LogP contribution in [-0.2, 0) is 9.53 Å². The molecule has 0 spiro atoms. The summed E-state index contributed by atoms with van der Waals surface area (Å²) in [7, 11) is 2.18. The van der Waals surface area contributed by atoms with Crippen molar-refractivity contribution in [3.8, 4) is 0 Å². The average Bonchev–Trinajstić information content (AvgIpc) is 3.43. The molecule has 7 nitrogen and oxygen atoms in total. The normalized spacial score (nSPS) is 23.3. The van der Waals surface area contributed by atoms with Crippen molar-refractivity contribution in [2.24, 2.45) is 0 Å². The minimum absolute atomic E-state index is 0.0517. The summed E-state index contributed by atoms with van der Waals surface area (Å²) in [6, 6.07) is 0.826. The first-order chi connectivity index (χ1) is 12.7. The van der Waals surface area contributed by atoms with E-state index < -0.39 is 5.60 Å². The average molecular weight is 381 g/mol. The maximum absolute atomic E-state index is 12.8. The summed E-state index contributed by atoms with van der Waals surface area (Å²) in [5.74, 6) is 0.0517. The Morgan fingerprint density at radius 1 is 0.963 bits per heavy atom. The Morgan fingerprint density at radius 2 is 1.56 bits per heavy atom. The molecule has 1 aliphatic carbocycles. The SMILES string of the molecule is CN1CCC(N2CCN(C(=O)CN(C(=O)OC(C)(C)C)C3CC3)CC2)CC1. The van der Waals surface area contributed by atoms with Gasteiger partial charge in [0, 0.05) is 38.3 Å². The number of piperazine rings is 1. The fraction of sp³-hybridized carbons (Fsp3) is 0.900. The first-order valence-corrected chi connectivity index (χ1v) is 10.4. The van der Waals surface area contributed by atoms with Gasteiger partial charge in [0.1, 0.15) is 12.1 Å². The molecule has 2 saturated heterocycles. The first-order valence-electron chi connectivity index (χ1n) is 10.4. The van der Waals surface area contributed by atoms with Gasteiger partial charge >= 0.3 is 6.09 Å². The van der Waals surface area contributed by atoms with Gasteiger partial charge in [-0.05, 0) is 66.6 Å². The molecule has 2 heterocycles. The van der Waals surface area contributed by atoms with Gasteiger partial charge < -0.3 is 14.5 Å². The third kappa shape index (κ3) is 5.82. The molecule has 0 aromatic rings. The van der Waals surface area contributed by atoms with Gasteiger partial charge in [-0.3, -0.25) is 14.6 Å². The number of carbonyl (C=O) groups excluding carboxylic acids is 2. The Labute approximate surface area is 163 Å². The van der Waals surface area contributed by atoms with Gasteiger partial charge in [0.2, 0.25) is 5.91 Å². The summed E-state index contributed by atoms with van der Waals surface area (Å²) < 4.78 is 5.50. The summed E-state index contributed by atoms with van der Waals surface area (Å²) in [5.41, 5.74) is -0.535. The minimum Gasteiger partial charge on any atom is -0.444 e. The van der Waals surface area contributed by atoms with E-state index in [1.807, 2.05) is 25.7 Å². The van der Waals surface area contributed by atoms with Crippen LogP contribution < -0.4 is 0 Å². The van der Waals surface area contributed by atoms with E-state index in [0.717, 1.165) is 52.1 Å². The molecule has 154 valence electrons. The van der Waals surface area contributed by atoms with Crippen molar-refractivity contribution in [1.29, 1.82) is 0 Å². The second-order valence-electron chi connectivity index (χ2n) is 9.29. The molecule has 0 unspecified atom stereocenters. The van der Waals surface area contributed by atoms with Crippen LogP contribution >= 0.6 is 0 Å². The first kappa shape index (κ1) is 20.4. The Kier molecular flexibility index (Phi) is 6.31. The summed E-state index contributed by atoms with van der Waals surface area (Å²) >= 11 is 0. The molecular formula is C20H36N4O3. The van der Waals surface area contributed by atoms with E-state index in [1.54, 1.807) is 4.90 Å². The van der Waals surface area contributed by atoms with Crippen LogP contribution in [0.15, 0.2) is 0 Å². The highest BCUT2D eigenvalue weighted by Gasteiger charge is 2.37. The number of hydrogen-bond acceptors (Lipinski definition) is 5. The van der Waals surface area contributed by atoms with Gasteiger partial charge in [0.25, 0.3) is 0 Å². The van der Waals surface area contributed by atoms with E-state index >= 15 is 0 Å². The largest absolute Gasteiger partial charge is 0.444 e. The van der Waals surface area contributed by atoms with Gasteiger partial charge in [-0.25, -0.2) is 4.79 Å². The lowest BCUT2D eigenvalue weighted by molar-refractivity contribution is -0.134. The molecule has 0 radical (unpaired) electrons. The van der Waals surface area contributed by atoms with Gasteiger partial charge in [0.15, 0.2) is 0 Å². The van der Waals surface area contributed by atoms with E-state index in [4.69, 9.17) is 4.74 Å². The molecule has 2 aliphatic heterocycles. The molecule has 1 saturated carbocycles. The Hall–Kier alpha value is -1.34. The predicted molar refractivity (Wildman–Crippen MR) is 105 cm³/mol. The fourth-order valence-corrected chi connectivity index (χ4v) is 3.99. The third-order valence-corrected chi connectivity index (χ3v) is 5.79. The van der Waals surface area contributed by atoms with Crippen LogP contribution in [0.5, 0.6) is 0 Å². The van der Waals surface area contributed by atoms with E-state index in [1.165, 1.54) is 12.8 Å². The molecule has 3 aliphatic rings. The zero-order valence-corrected chi connectivity index (χ0v) is 17.4. The monoisotopic (exact) mass is 380 g/mol. The number of rotatable bonds is 4. The number of hydrogen-bond donors (Lipinski definition) is 0. The Balaban J connectivity index is 1.47. The van der Waals surface area contributed by atoms with Crippen LogP contribution in [0.3, 0.4) is 0 Å². The van der Waals surface area contributed by atoms with Crippen molar-refractivity contribution in [2.45, 2.75) is 64.1 Å². The molecule has 3 rings (SSSR count). The molecular weight excluding hydrogens is 344 g/mol. The lowest BCUT2D eigenvalue weighted by atomic mass is 10.0. The molecule has 27 heavy (non-hydrogen) atoms. The number of likely N-dealkylation sites (tertiary alicyclic amines) is 1. The maximum atomic E-state index is 12.8. The number of carbonyl (C=O) groups is 2. The topological polar surface area (TPSA) is 56.3 Å². The van der Waals surface area contributed by atoms with Crippen molar-refractivity contribution in [3.63, 3.8) is 0 Å². The highest BCUT2D eigenvalue weighted by molar-refractivity contribution is 5.83. The van der Waals surface area contributed by atoms with Crippen LogP contribution in [0, 0.1) is 0 Å². The van der Waals surface area contributed by atoms with E-state index in [0.29, 0.717) is 6.04 Å². The summed E-state index contributed by atoms with van der Waals surface area (Å²) in [6.45, 7) is 11.5. The van der Waals surface area contributed by atoms with Crippen molar-refractivity contribution < 1.29 is 14.3 Å².